The minimum atomic E-state index is -4.82. The zero-order chi connectivity index (χ0) is 41.1. The van der Waals surface area contributed by atoms with Crippen molar-refractivity contribution in [3.05, 3.63) is 156 Å². The first-order valence-corrected chi connectivity index (χ1v) is 16.5. The molecule has 0 radical (unpaired) electrons. The SMILES string of the molecule is N#Cn1c2ccc(N(c3cccc(C(F)(F)F)c3)c3cccc(C(F)(F)F)c3)cc2c2cc(N(c3cccc(C(F)(F)F)c3)c3cccc(C(F)(F)F)c3)ccc21. The standard InChI is InChI=1S/C41H22F12N4/c42-38(43,44)24-5-1-9-28(17-24)56(29-10-2-6-25(18-29)39(45,46)47)32-13-15-36-34(21-32)35-22-33(14-16-37(35)55(36)23-54)57(30-11-3-7-26(19-30)40(48,49)50)31-12-4-8-27(20-31)41(51,52)53/h1-22H. The summed E-state index contributed by atoms with van der Waals surface area (Å²) in [5, 5.41) is 10.6. The van der Waals surface area contributed by atoms with Gasteiger partial charge in [0.1, 0.15) is 0 Å². The number of rotatable bonds is 6. The molecule has 290 valence electrons. The van der Waals surface area contributed by atoms with Gasteiger partial charge in [-0.15, -0.1) is 0 Å². The van der Waals surface area contributed by atoms with E-state index in [0.29, 0.717) is 0 Å². The maximum atomic E-state index is 13.9. The molecule has 0 amide bonds. The van der Waals surface area contributed by atoms with Crippen LogP contribution in [0.4, 0.5) is 86.8 Å². The van der Waals surface area contributed by atoms with Gasteiger partial charge in [-0.3, -0.25) is 0 Å². The Morgan fingerprint density at radius 2 is 0.632 bits per heavy atom. The minimum Gasteiger partial charge on any atom is -0.310 e. The Balaban J connectivity index is 1.48. The topological polar surface area (TPSA) is 35.2 Å². The molecule has 6 aromatic carbocycles. The van der Waals surface area contributed by atoms with Crippen molar-refractivity contribution in [3.8, 4) is 6.19 Å². The van der Waals surface area contributed by atoms with Gasteiger partial charge in [-0.1, -0.05) is 24.3 Å². The normalized spacial score (nSPS) is 12.5. The van der Waals surface area contributed by atoms with E-state index >= 15 is 0 Å². The number of fused-ring (bicyclic) bond motifs is 3. The van der Waals surface area contributed by atoms with E-state index in [-0.39, 0.29) is 55.9 Å². The lowest BCUT2D eigenvalue weighted by molar-refractivity contribution is -0.138. The predicted octanol–water partition coefficient (Wildman–Crippen LogP) is 14.1. The van der Waals surface area contributed by atoms with Crippen molar-refractivity contribution in [1.82, 2.24) is 4.57 Å². The number of hydrogen-bond donors (Lipinski definition) is 0. The zero-order valence-corrected chi connectivity index (χ0v) is 28.5. The Kier molecular flexibility index (Phi) is 9.38. The average molecular weight is 799 g/mol. The highest BCUT2D eigenvalue weighted by atomic mass is 19.4. The summed E-state index contributed by atoms with van der Waals surface area (Å²) in [7, 11) is 0. The van der Waals surface area contributed by atoms with Gasteiger partial charge in [-0.2, -0.15) is 57.9 Å². The number of halogens is 12. The molecule has 0 atom stereocenters. The maximum absolute atomic E-state index is 13.9. The number of hydrogen-bond acceptors (Lipinski definition) is 3. The molecule has 0 aliphatic rings. The van der Waals surface area contributed by atoms with Gasteiger partial charge in [0.25, 0.3) is 0 Å². The number of nitrogens with zero attached hydrogens (tertiary/aromatic N) is 4. The fraction of sp³-hybridized carbons (Fsp3) is 0.0976. The molecule has 0 bridgehead atoms. The van der Waals surface area contributed by atoms with E-state index in [1.165, 1.54) is 65.2 Å². The third kappa shape index (κ3) is 7.52. The molecule has 0 N–H and O–H groups in total. The second kappa shape index (κ2) is 13.8. The number of aromatic nitrogens is 1. The number of nitriles is 1. The molecule has 0 saturated heterocycles. The van der Waals surface area contributed by atoms with E-state index in [9.17, 15) is 57.9 Å². The van der Waals surface area contributed by atoms with Crippen molar-refractivity contribution < 1.29 is 52.7 Å². The Bertz CT molecular complexity index is 2390. The monoisotopic (exact) mass is 798 g/mol. The number of anilines is 6. The largest absolute Gasteiger partial charge is 0.416 e. The van der Waals surface area contributed by atoms with Gasteiger partial charge >= 0.3 is 24.7 Å². The molecule has 57 heavy (non-hydrogen) atoms. The third-order valence-electron chi connectivity index (χ3n) is 9.08. The van der Waals surface area contributed by atoms with Gasteiger partial charge in [-0.25, -0.2) is 4.57 Å². The van der Waals surface area contributed by atoms with Crippen molar-refractivity contribution in [2.24, 2.45) is 0 Å². The Morgan fingerprint density at radius 1 is 0.368 bits per heavy atom. The number of benzene rings is 6. The van der Waals surface area contributed by atoms with Gasteiger partial charge in [0, 0.05) is 44.9 Å². The van der Waals surface area contributed by atoms with Crippen LogP contribution in [-0.4, -0.2) is 4.57 Å². The zero-order valence-electron chi connectivity index (χ0n) is 28.5. The molecule has 1 heterocycles. The highest BCUT2D eigenvalue weighted by Crippen LogP contribution is 2.45. The molecule has 0 aliphatic carbocycles. The van der Waals surface area contributed by atoms with Crippen molar-refractivity contribution in [3.63, 3.8) is 0 Å². The van der Waals surface area contributed by atoms with Crippen LogP contribution in [0.1, 0.15) is 22.3 Å². The van der Waals surface area contributed by atoms with Crippen LogP contribution in [0.25, 0.3) is 21.8 Å². The molecule has 0 spiro atoms. The predicted molar refractivity (Wildman–Crippen MR) is 190 cm³/mol. The highest BCUT2D eigenvalue weighted by molar-refractivity contribution is 6.11. The van der Waals surface area contributed by atoms with Crippen LogP contribution >= 0.6 is 0 Å². The molecule has 16 heteroatoms. The van der Waals surface area contributed by atoms with E-state index in [4.69, 9.17) is 0 Å². The first-order chi connectivity index (χ1) is 26.7. The second-order valence-corrected chi connectivity index (χ2v) is 12.7. The highest BCUT2D eigenvalue weighted by Gasteiger charge is 2.35. The summed E-state index contributed by atoms with van der Waals surface area (Å²) in [5.41, 5.74) is -4.49. The van der Waals surface area contributed by atoms with Crippen LogP contribution in [0.3, 0.4) is 0 Å². The van der Waals surface area contributed by atoms with Crippen LogP contribution in [0.5, 0.6) is 0 Å². The summed E-state index contributed by atoms with van der Waals surface area (Å²) >= 11 is 0. The molecule has 0 saturated carbocycles. The van der Waals surface area contributed by atoms with E-state index < -0.39 is 47.0 Å². The molecule has 0 aliphatic heterocycles. The fourth-order valence-corrected chi connectivity index (χ4v) is 6.56. The van der Waals surface area contributed by atoms with E-state index in [1.807, 2.05) is 6.19 Å². The summed E-state index contributed by atoms with van der Waals surface area (Å²) in [4.78, 5) is 2.31. The first kappa shape index (κ1) is 38.6. The van der Waals surface area contributed by atoms with Gasteiger partial charge in [-0.05, 0) is 109 Å². The van der Waals surface area contributed by atoms with Crippen molar-refractivity contribution in [2.45, 2.75) is 24.7 Å². The van der Waals surface area contributed by atoms with E-state index in [1.54, 1.807) is 0 Å². The van der Waals surface area contributed by atoms with Crippen molar-refractivity contribution in [2.75, 3.05) is 9.80 Å². The quantitative estimate of drug-likeness (QED) is 0.157. The van der Waals surface area contributed by atoms with Crippen LogP contribution in [0, 0.1) is 11.5 Å². The maximum Gasteiger partial charge on any atom is 0.416 e. The smallest absolute Gasteiger partial charge is 0.310 e. The molecular weight excluding hydrogens is 776 g/mol. The van der Waals surface area contributed by atoms with Crippen molar-refractivity contribution >= 4 is 55.9 Å². The molecule has 0 unspecified atom stereocenters. The summed E-state index contributed by atoms with van der Waals surface area (Å²) in [6.07, 6.45) is -17.3. The second-order valence-electron chi connectivity index (χ2n) is 12.7. The van der Waals surface area contributed by atoms with Crippen LogP contribution in [0.2, 0.25) is 0 Å². The molecule has 4 nitrogen and oxygen atoms in total. The lowest BCUT2D eigenvalue weighted by atomic mass is 10.1. The number of alkyl halides is 12. The van der Waals surface area contributed by atoms with E-state index in [0.717, 1.165) is 82.6 Å². The Hall–Kier alpha value is -6.63. The van der Waals surface area contributed by atoms with Crippen LogP contribution in [0.15, 0.2) is 133 Å². The van der Waals surface area contributed by atoms with E-state index in [2.05, 4.69) is 0 Å². The molecule has 7 aromatic rings. The lowest BCUT2D eigenvalue weighted by Crippen LogP contribution is -2.14. The molecule has 1 aromatic heterocycles. The van der Waals surface area contributed by atoms with Gasteiger partial charge in [0.15, 0.2) is 6.19 Å². The lowest BCUT2D eigenvalue weighted by Gasteiger charge is -2.27. The summed E-state index contributed by atoms with van der Waals surface area (Å²) in [6.45, 7) is 0. The molecule has 7 rings (SSSR count). The third-order valence-corrected chi connectivity index (χ3v) is 9.08. The summed E-state index contributed by atoms with van der Waals surface area (Å²) < 4.78 is 168. The van der Waals surface area contributed by atoms with Crippen molar-refractivity contribution in [1.29, 1.82) is 5.26 Å². The van der Waals surface area contributed by atoms with Gasteiger partial charge in [0.05, 0.1) is 33.3 Å². The minimum absolute atomic E-state index is 0.0520. The Labute approximate surface area is 314 Å². The van der Waals surface area contributed by atoms with Crippen LogP contribution in [-0.2, 0) is 24.7 Å². The summed E-state index contributed by atoms with van der Waals surface area (Å²) in [6, 6.07) is 24.0. The first-order valence-electron chi connectivity index (χ1n) is 16.5. The molecular formula is C41H22F12N4. The van der Waals surface area contributed by atoms with Crippen LogP contribution < -0.4 is 9.80 Å². The fourth-order valence-electron chi connectivity index (χ4n) is 6.56. The van der Waals surface area contributed by atoms with Gasteiger partial charge < -0.3 is 9.80 Å². The van der Waals surface area contributed by atoms with Gasteiger partial charge in [0.2, 0.25) is 0 Å². The average Bonchev–Trinajstić information content (AvgIpc) is 3.46. The Morgan fingerprint density at radius 3 is 0.877 bits per heavy atom. The summed E-state index contributed by atoms with van der Waals surface area (Å²) in [5.74, 6) is 0. The molecule has 0 fully saturated rings.